The van der Waals surface area contributed by atoms with Crippen molar-refractivity contribution in [3.05, 3.63) is 131 Å². The van der Waals surface area contributed by atoms with E-state index in [2.05, 4.69) is 46.6 Å². The minimum absolute atomic E-state index is 0.0888. The molecule has 6 heteroatoms. The van der Waals surface area contributed by atoms with Crippen molar-refractivity contribution in [2.24, 2.45) is 0 Å². The number of para-hydroxylation sites is 2. The average Bonchev–Trinajstić information content (AvgIpc) is 3.55. The molecule has 0 saturated heterocycles. The van der Waals surface area contributed by atoms with Gasteiger partial charge in [-0.2, -0.15) is 5.10 Å². The first-order valence-corrected chi connectivity index (χ1v) is 13.1. The van der Waals surface area contributed by atoms with E-state index in [0.29, 0.717) is 5.02 Å². The van der Waals surface area contributed by atoms with Crippen LogP contribution in [0, 0.1) is 0 Å². The Hall–Kier alpha value is -4.35. The second-order valence-corrected chi connectivity index (χ2v) is 9.95. The van der Waals surface area contributed by atoms with E-state index in [0.717, 1.165) is 47.7 Å². The van der Waals surface area contributed by atoms with Crippen LogP contribution in [0.4, 0.5) is 11.4 Å². The van der Waals surface area contributed by atoms with Gasteiger partial charge in [0.2, 0.25) is 5.91 Å². The van der Waals surface area contributed by atoms with Crippen molar-refractivity contribution in [1.82, 2.24) is 9.78 Å². The number of benzene rings is 4. The van der Waals surface area contributed by atoms with Gasteiger partial charge in [-0.3, -0.25) is 4.79 Å². The van der Waals surface area contributed by atoms with Crippen molar-refractivity contribution in [2.45, 2.75) is 19.4 Å². The van der Waals surface area contributed by atoms with Crippen molar-refractivity contribution in [3.8, 4) is 16.9 Å². The minimum atomic E-state index is -0.0888. The molecule has 5 nitrogen and oxygen atoms in total. The van der Waals surface area contributed by atoms with E-state index in [4.69, 9.17) is 16.7 Å². The summed E-state index contributed by atoms with van der Waals surface area (Å²) in [6.45, 7) is 1.89. The van der Waals surface area contributed by atoms with E-state index in [1.54, 1.807) is 0 Å². The lowest BCUT2D eigenvalue weighted by Gasteiger charge is -2.19. The van der Waals surface area contributed by atoms with Gasteiger partial charge in [0.25, 0.3) is 0 Å². The topological polar surface area (TPSA) is 50.2 Å². The highest BCUT2D eigenvalue weighted by Gasteiger charge is 2.19. The fourth-order valence-corrected chi connectivity index (χ4v) is 5.09. The molecule has 1 N–H and O–H groups in total. The summed E-state index contributed by atoms with van der Waals surface area (Å²) in [5.74, 6) is -0.0888. The zero-order valence-electron chi connectivity index (χ0n) is 20.8. The van der Waals surface area contributed by atoms with Gasteiger partial charge < -0.3 is 10.2 Å². The van der Waals surface area contributed by atoms with Gasteiger partial charge in [0.05, 0.1) is 17.8 Å². The number of amides is 1. The zero-order valence-corrected chi connectivity index (χ0v) is 21.6. The maximum atomic E-state index is 13.1. The SMILES string of the molecule is O=C(Cc1cn(-c2ccccc2)nc1-c1ccc(Cl)cc1)Nc1ccc(CN2CCc3ccccc32)cc1. The fraction of sp³-hybridized carbons (Fsp3) is 0.125. The Bertz CT molecular complexity index is 1560. The van der Waals surface area contributed by atoms with E-state index in [1.807, 2.05) is 77.6 Å². The van der Waals surface area contributed by atoms with Gasteiger partial charge in [-0.15, -0.1) is 0 Å². The molecule has 5 aromatic rings. The molecule has 0 bridgehead atoms. The summed E-state index contributed by atoms with van der Waals surface area (Å²) in [7, 11) is 0. The van der Waals surface area contributed by atoms with Crippen LogP contribution in [0.25, 0.3) is 16.9 Å². The van der Waals surface area contributed by atoms with Gasteiger partial charge in [-0.25, -0.2) is 4.68 Å². The van der Waals surface area contributed by atoms with Crippen molar-refractivity contribution < 1.29 is 4.79 Å². The van der Waals surface area contributed by atoms with Gasteiger partial charge in [-0.05, 0) is 60.0 Å². The minimum Gasteiger partial charge on any atom is -0.367 e. The van der Waals surface area contributed by atoms with Crippen LogP contribution in [0.2, 0.25) is 5.02 Å². The molecule has 0 fully saturated rings. The number of nitrogens with zero attached hydrogens (tertiary/aromatic N) is 3. The number of nitrogens with one attached hydrogen (secondary N) is 1. The largest absolute Gasteiger partial charge is 0.367 e. The van der Waals surface area contributed by atoms with Crippen LogP contribution in [0.5, 0.6) is 0 Å². The highest BCUT2D eigenvalue weighted by Crippen LogP contribution is 2.29. The Balaban J connectivity index is 1.16. The van der Waals surface area contributed by atoms with Crippen LogP contribution in [0.1, 0.15) is 16.7 Å². The molecule has 0 saturated carbocycles. The number of hydrogen-bond acceptors (Lipinski definition) is 3. The lowest BCUT2D eigenvalue weighted by Crippen LogP contribution is -2.19. The first-order chi connectivity index (χ1) is 18.6. The quantitative estimate of drug-likeness (QED) is 0.254. The molecular formula is C32H27ClN4O. The number of anilines is 2. The molecule has 6 rings (SSSR count). The first kappa shape index (κ1) is 24.0. The molecule has 1 aliphatic rings. The highest BCUT2D eigenvalue weighted by molar-refractivity contribution is 6.30. The normalized spacial score (nSPS) is 12.4. The van der Waals surface area contributed by atoms with E-state index in [1.165, 1.54) is 16.8 Å². The third-order valence-corrected chi connectivity index (χ3v) is 7.13. The lowest BCUT2D eigenvalue weighted by molar-refractivity contribution is -0.115. The second-order valence-electron chi connectivity index (χ2n) is 9.51. The zero-order chi connectivity index (χ0) is 25.9. The molecule has 0 spiro atoms. The third kappa shape index (κ3) is 5.20. The van der Waals surface area contributed by atoms with Gasteiger partial charge in [0.15, 0.2) is 0 Å². The molecule has 1 amide bonds. The van der Waals surface area contributed by atoms with Crippen LogP contribution in [0.3, 0.4) is 0 Å². The molecule has 38 heavy (non-hydrogen) atoms. The van der Waals surface area contributed by atoms with Crippen LogP contribution in [-0.4, -0.2) is 22.2 Å². The van der Waals surface area contributed by atoms with E-state index in [9.17, 15) is 4.79 Å². The number of fused-ring (bicyclic) bond motifs is 1. The van der Waals surface area contributed by atoms with Crippen LogP contribution >= 0.6 is 11.6 Å². The summed E-state index contributed by atoms with van der Waals surface area (Å²) in [6, 6.07) is 34.1. The summed E-state index contributed by atoms with van der Waals surface area (Å²) < 4.78 is 1.82. The monoisotopic (exact) mass is 518 g/mol. The van der Waals surface area contributed by atoms with E-state index >= 15 is 0 Å². The third-order valence-electron chi connectivity index (χ3n) is 6.87. The standard InChI is InChI=1S/C32H27ClN4O/c33-27-14-12-25(13-15-27)32-26(22-37(35-32)29-7-2-1-3-8-29)20-31(38)34-28-16-10-23(11-17-28)21-36-19-18-24-6-4-5-9-30(24)36/h1-17,22H,18-21H2,(H,34,38). The Kier molecular flexibility index (Phi) is 6.67. The summed E-state index contributed by atoms with van der Waals surface area (Å²) in [6.07, 6.45) is 3.22. The average molecular weight is 519 g/mol. The van der Waals surface area contributed by atoms with Gasteiger partial charge in [0.1, 0.15) is 0 Å². The summed E-state index contributed by atoms with van der Waals surface area (Å²) in [5.41, 5.74) is 8.19. The molecule has 2 heterocycles. The number of carbonyl (C=O) groups excluding carboxylic acids is 1. The molecule has 188 valence electrons. The summed E-state index contributed by atoms with van der Waals surface area (Å²) >= 11 is 6.10. The smallest absolute Gasteiger partial charge is 0.228 e. The van der Waals surface area contributed by atoms with Crippen molar-refractivity contribution in [2.75, 3.05) is 16.8 Å². The molecule has 1 aliphatic heterocycles. The molecule has 4 aromatic carbocycles. The molecule has 0 radical (unpaired) electrons. The molecule has 0 aliphatic carbocycles. The highest BCUT2D eigenvalue weighted by atomic mass is 35.5. The van der Waals surface area contributed by atoms with Crippen LogP contribution in [0.15, 0.2) is 109 Å². The number of halogens is 1. The second kappa shape index (κ2) is 10.6. The first-order valence-electron chi connectivity index (χ1n) is 12.7. The van der Waals surface area contributed by atoms with Gasteiger partial charge >= 0.3 is 0 Å². The predicted molar refractivity (Wildman–Crippen MR) is 154 cm³/mol. The van der Waals surface area contributed by atoms with E-state index < -0.39 is 0 Å². The lowest BCUT2D eigenvalue weighted by atomic mass is 10.1. The maximum absolute atomic E-state index is 13.1. The van der Waals surface area contributed by atoms with Gasteiger partial charge in [0, 0.05) is 46.8 Å². The summed E-state index contributed by atoms with van der Waals surface area (Å²) in [4.78, 5) is 15.5. The predicted octanol–water partition coefficient (Wildman–Crippen LogP) is 6.94. The molecular weight excluding hydrogens is 492 g/mol. The molecule has 1 aromatic heterocycles. The van der Waals surface area contributed by atoms with Crippen LogP contribution in [-0.2, 0) is 24.2 Å². The van der Waals surface area contributed by atoms with Crippen molar-refractivity contribution in [3.63, 3.8) is 0 Å². The Morgan fingerprint density at radius 1 is 0.868 bits per heavy atom. The fourth-order valence-electron chi connectivity index (χ4n) is 4.97. The Labute approximate surface area is 227 Å². The number of aromatic nitrogens is 2. The van der Waals surface area contributed by atoms with E-state index in [-0.39, 0.29) is 12.3 Å². The molecule has 0 unspecified atom stereocenters. The van der Waals surface area contributed by atoms with Crippen molar-refractivity contribution >= 4 is 28.9 Å². The summed E-state index contributed by atoms with van der Waals surface area (Å²) in [5, 5.41) is 8.52. The van der Waals surface area contributed by atoms with Crippen molar-refractivity contribution in [1.29, 1.82) is 0 Å². The number of hydrogen-bond donors (Lipinski definition) is 1. The molecule has 0 atom stereocenters. The van der Waals surface area contributed by atoms with Gasteiger partial charge in [-0.1, -0.05) is 72.3 Å². The Morgan fingerprint density at radius 2 is 1.61 bits per heavy atom. The number of carbonyl (C=O) groups is 1. The Morgan fingerprint density at radius 3 is 2.39 bits per heavy atom. The number of rotatable bonds is 7. The van der Waals surface area contributed by atoms with Crippen LogP contribution < -0.4 is 10.2 Å². The maximum Gasteiger partial charge on any atom is 0.228 e.